The molecule has 2 N–H and O–H groups in total. The summed E-state index contributed by atoms with van der Waals surface area (Å²) in [4.78, 5) is 12.9. The fraction of sp³-hybridized carbons (Fsp3) is 0.192. The van der Waals surface area contributed by atoms with E-state index in [9.17, 15) is 8.42 Å². The van der Waals surface area contributed by atoms with Gasteiger partial charge in [0.2, 0.25) is 0 Å². The molecule has 0 saturated heterocycles. The summed E-state index contributed by atoms with van der Waals surface area (Å²) in [6.07, 6.45) is 6.01. The normalized spacial score (nSPS) is 11.7. The molecule has 0 fully saturated rings. The average molecular weight is 521 g/mol. The van der Waals surface area contributed by atoms with Gasteiger partial charge in [-0.2, -0.15) is 0 Å². The van der Waals surface area contributed by atoms with Crippen molar-refractivity contribution in [3.05, 3.63) is 90.6 Å². The zero-order chi connectivity index (χ0) is 25.8. The zero-order valence-corrected chi connectivity index (χ0v) is 20.9. The van der Waals surface area contributed by atoms with Crippen LogP contribution in [0.25, 0.3) is 22.2 Å². The van der Waals surface area contributed by atoms with Gasteiger partial charge in [-0.15, -0.1) is 0 Å². The second-order valence-electron chi connectivity index (χ2n) is 8.66. The Morgan fingerprint density at radius 1 is 1.08 bits per heavy atom. The van der Waals surface area contributed by atoms with Crippen LogP contribution in [-0.2, 0) is 22.9 Å². The second-order valence-corrected chi connectivity index (χ2v) is 10.9. The van der Waals surface area contributed by atoms with Gasteiger partial charge in [-0.05, 0) is 23.8 Å². The van der Waals surface area contributed by atoms with Crippen molar-refractivity contribution in [2.75, 3.05) is 23.9 Å². The highest BCUT2D eigenvalue weighted by molar-refractivity contribution is 7.90. The van der Waals surface area contributed by atoms with Crippen LogP contribution >= 0.6 is 0 Å². The molecule has 0 atom stereocenters. The highest BCUT2D eigenvalue weighted by Crippen LogP contribution is 2.32. The van der Waals surface area contributed by atoms with Crippen LogP contribution in [0, 0.1) is 5.82 Å². The molecule has 11 heteroatoms. The summed E-state index contributed by atoms with van der Waals surface area (Å²) < 4.78 is 45.4. The summed E-state index contributed by atoms with van der Waals surface area (Å²) in [6.45, 7) is 1.25. The van der Waals surface area contributed by atoms with Gasteiger partial charge in [0.05, 0.1) is 42.4 Å². The maximum Gasteiger partial charge on any atom is 0.148 e. The minimum Gasteiger partial charge on any atom is -0.460 e. The van der Waals surface area contributed by atoms with E-state index in [1.54, 1.807) is 30.7 Å². The lowest BCUT2D eigenvalue weighted by molar-refractivity contribution is 0.494. The molecule has 0 aliphatic heterocycles. The highest BCUT2D eigenvalue weighted by atomic mass is 32.2. The standard InChI is InChI=1S/C26H25FN6O3S/c1-37(34,35)10-9-28-13-19-7-8-24(36-19)20-11-21-23(12-22(20)27)30-16-31-26(21)32-25-14-29-17-33(25)15-18-5-3-2-4-6-18/h2-8,11-12,14,16-17,28H,9-10,13,15H2,1H3,(H,30,31,32). The van der Waals surface area contributed by atoms with E-state index >= 15 is 4.39 Å². The van der Waals surface area contributed by atoms with Gasteiger partial charge in [-0.25, -0.2) is 27.8 Å². The maximum atomic E-state index is 15.0. The first-order chi connectivity index (χ1) is 17.9. The maximum absolute atomic E-state index is 15.0. The molecule has 5 rings (SSSR count). The van der Waals surface area contributed by atoms with Gasteiger partial charge in [-0.1, -0.05) is 30.3 Å². The molecule has 0 spiro atoms. The fourth-order valence-electron chi connectivity index (χ4n) is 3.91. The van der Waals surface area contributed by atoms with Gasteiger partial charge in [0.25, 0.3) is 0 Å². The fourth-order valence-corrected chi connectivity index (χ4v) is 4.42. The van der Waals surface area contributed by atoms with Crippen molar-refractivity contribution >= 4 is 32.4 Å². The molecule has 3 aromatic heterocycles. The summed E-state index contributed by atoms with van der Waals surface area (Å²) in [5, 5.41) is 6.94. The summed E-state index contributed by atoms with van der Waals surface area (Å²) in [5.41, 5.74) is 1.84. The number of rotatable bonds is 10. The molecule has 0 saturated carbocycles. The Labute approximate surface area is 213 Å². The van der Waals surface area contributed by atoms with E-state index in [0.717, 1.165) is 11.4 Å². The molecule has 0 bridgehead atoms. The number of furan rings is 1. The molecule has 0 aliphatic carbocycles. The number of nitrogens with zero attached hydrogens (tertiary/aromatic N) is 4. The van der Waals surface area contributed by atoms with Crippen LogP contribution in [0.2, 0.25) is 0 Å². The monoisotopic (exact) mass is 520 g/mol. The lowest BCUT2D eigenvalue weighted by Crippen LogP contribution is -2.21. The quantitative estimate of drug-likeness (QED) is 0.264. The van der Waals surface area contributed by atoms with Crippen molar-refractivity contribution in [2.45, 2.75) is 13.1 Å². The first-order valence-electron chi connectivity index (χ1n) is 11.6. The first kappa shape index (κ1) is 24.6. The Morgan fingerprint density at radius 2 is 1.92 bits per heavy atom. The van der Waals surface area contributed by atoms with Gasteiger partial charge >= 0.3 is 0 Å². The Bertz CT molecular complexity index is 1630. The highest BCUT2D eigenvalue weighted by Gasteiger charge is 2.16. The molecule has 3 heterocycles. The number of imidazole rings is 1. The molecule has 9 nitrogen and oxygen atoms in total. The molecule has 0 amide bonds. The molecule has 0 unspecified atom stereocenters. The number of hydrogen-bond acceptors (Lipinski definition) is 8. The number of aromatic nitrogens is 4. The molecular weight excluding hydrogens is 495 g/mol. The molecule has 0 aliphatic rings. The van der Waals surface area contributed by atoms with Gasteiger partial charge in [0.1, 0.15) is 45.1 Å². The van der Waals surface area contributed by atoms with E-state index < -0.39 is 15.7 Å². The second kappa shape index (κ2) is 10.5. The SMILES string of the molecule is CS(=O)(=O)CCNCc1ccc(-c2cc3c(Nc4cncn4Cc4ccccc4)ncnc3cc2F)o1. The van der Waals surface area contributed by atoms with E-state index in [0.29, 0.717) is 47.9 Å². The third kappa shape index (κ3) is 6.01. The Morgan fingerprint density at radius 3 is 2.73 bits per heavy atom. The third-order valence-corrected chi connectivity index (χ3v) is 6.70. The van der Waals surface area contributed by atoms with Crippen LogP contribution in [0.5, 0.6) is 0 Å². The van der Waals surface area contributed by atoms with Crippen molar-refractivity contribution in [1.29, 1.82) is 0 Å². The molecule has 37 heavy (non-hydrogen) atoms. The smallest absolute Gasteiger partial charge is 0.148 e. The predicted molar refractivity (Wildman–Crippen MR) is 140 cm³/mol. The van der Waals surface area contributed by atoms with E-state index in [-0.39, 0.29) is 11.3 Å². The molecule has 5 aromatic rings. The van der Waals surface area contributed by atoms with E-state index in [1.807, 2.05) is 34.9 Å². The summed E-state index contributed by atoms with van der Waals surface area (Å²) in [7, 11) is -3.05. The van der Waals surface area contributed by atoms with Crippen LogP contribution in [0.1, 0.15) is 11.3 Å². The van der Waals surface area contributed by atoms with E-state index in [1.165, 1.54) is 18.6 Å². The van der Waals surface area contributed by atoms with Crippen molar-refractivity contribution in [1.82, 2.24) is 24.8 Å². The molecule has 190 valence electrons. The zero-order valence-electron chi connectivity index (χ0n) is 20.1. The van der Waals surface area contributed by atoms with Crippen molar-refractivity contribution in [3.8, 4) is 11.3 Å². The van der Waals surface area contributed by atoms with Gasteiger partial charge in [0, 0.05) is 24.3 Å². The van der Waals surface area contributed by atoms with Crippen LogP contribution in [0.3, 0.4) is 0 Å². The van der Waals surface area contributed by atoms with Crippen LogP contribution in [0.15, 0.2) is 77.9 Å². The summed E-state index contributed by atoms with van der Waals surface area (Å²) in [5.74, 6) is 1.71. The summed E-state index contributed by atoms with van der Waals surface area (Å²) in [6, 6.07) is 16.4. The van der Waals surface area contributed by atoms with Gasteiger partial charge in [0.15, 0.2) is 0 Å². The lowest BCUT2D eigenvalue weighted by Gasteiger charge is -2.12. The molecule has 2 aromatic carbocycles. The van der Waals surface area contributed by atoms with Crippen molar-refractivity contribution < 1.29 is 17.2 Å². The van der Waals surface area contributed by atoms with Crippen molar-refractivity contribution in [3.63, 3.8) is 0 Å². The molecule has 0 radical (unpaired) electrons. The van der Waals surface area contributed by atoms with Gasteiger partial charge < -0.3 is 19.6 Å². The minimum atomic E-state index is -3.05. The Kier molecular flexibility index (Phi) is 6.97. The largest absolute Gasteiger partial charge is 0.460 e. The lowest BCUT2D eigenvalue weighted by atomic mass is 10.1. The number of halogens is 1. The molecular formula is C26H25FN6O3S. The van der Waals surface area contributed by atoms with Gasteiger partial charge in [-0.3, -0.25) is 0 Å². The van der Waals surface area contributed by atoms with Crippen molar-refractivity contribution in [2.24, 2.45) is 0 Å². The number of fused-ring (bicyclic) bond motifs is 1. The first-order valence-corrected chi connectivity index (χ1v) is 13.6. The number of nitrogens with one attached hydrogen (secondary N) is 2. The number of benzene rings is 2. The van der Waals surface area contributed by atoms with Crippen LogP contribution < -0.4 is 10.6 Å². The Balaban J connectivity index is 1.39. The van der Waals surface area contributed by atoms with Crippen LogP contribution in [-0.4, -0.2) is 46.5 Å². The summed E-state index contributed by atoms with van der Waals surface area (Å²) >= 11 is 0. The predicted octanol–water partition coefficient (Wildman–Crippen LogP) is 4.15. The number of anilines is 2. The number of hydrogen-bond donors (Lipinski definition) is 2. The van der Waals surface area contributed by atoms with E-state index in [2.05, 4.69) is 25.6 Å². The Hall–Kier alpha value is -4.09. The minimum absolute atomic E-state index is 0.0277. The third-order valence-electron chi connectivity index (χ3n) is 5.75. The number of sulfone groups is 1. The topological polar surface area (TPSA) is 115 Å². The van der Waals surface area contributed by atoms with Crippen LogP contribution in [0.4, 0.5) is 16.0 Å². The van der Waals surface area contributed by atoms with E-state index in [4.69, 9.17) is 4.42 Å². The average Bonchev–Trinajstić information content (AvgIpc) is 3.51.